The van der Waals surface area contributed by atoms with Crippen molar-refractivity contribution in [2.75, 3.05) is 116 Å². The van der Waals surface area contributed by atoms with Crippen LogP contribution in [0.3, 0.4) is 0 Å². The molecule has 0 saturated carbocycles. The molecule has 30 nitrogen and oxygen atoms in total. The van der Waals surface area contributed by atoms with Crippen molar-refractivity contribution in [1.29, 1.82) is 0 Å². The second kappa shape index (κ2) is 47.9. The number of unbranched alkanes of at least 4 members (excludes halogenated alkanes) is 3. The number of pyridine rings is 2. The molecule has 4 aromatic rings. The lowest BCUT2D eigenvalue weighted by Crippen LogP contribution is -2.50. The van der Waals surface area contributed by atoms with E-state index >= 15 is 0 Å². The van der Waals surface area contributed by atoms with Crippen LogP contribution in [0.2, 0.25) is 20.1 Å². The number of aromatic nitrogens is 2. The van der Waals surface area contributed by atoms with Gasteiger partial charge in [-0.05, 0) is 152 Å². The van der Waals surface area contributed by atoms with Crippen LogP contribution in [0.4, 0.5) is 30.8 Å². The maximum atomic E-state index is 13.9. The van der Waals surface area contributed by atoms with E-state index in [1.807, 2.05) is 0 Å². The highest BCUT2D eigenvalue weighted by Crippen LogP contribution is 2.28. The summed E-state index contributed by atoms with van der Waals surface area (Å²) in [6.45, 7) is 11.6. The zero-order valence-electron chi connectivity index (χ0n) is 60.0. The number of halogens is 4. The second-order valence-corrected chi connectivity index (χ2v) is 27.1. The number of ether oxygens (including phenoxy) is 8. The minimum atomic E-state index is -1.24. The molecule has 2 heterocycles. The first kappa shape index (κ1) is 88.0. The molecular weight excluding hydrogens is 1440 g/mol. The van der Waals surface area contributed by atoms with Crippen LogP contribution in [-0.2, 0) is 66.7 Å². The van der Waals surface area contributed by atoms with Gasteiger partial charge >= 0.3 is 36.2 Å². The van der Waals surface area contributed by atoms with Gasteiger partial charge in [0.15, 0.2) is 0 Å². The smallest absolute Gasteiger partial charge is 0.416 e. The Morgan fingerprint density at radius 1 is 0.442 bits per heavy atom. The van der Waals surface area contributed by atoms with Gasteiger partial charge in [0, 0.05) is 84.6 Å². The minimum absolute atomic E-state index is 0.00456. The van der Waals surface area contributed by atoms with E-state index in [4.69, 9.17) is 84.3 Å². The largest absolute Gasteiger partial charge is 0.469 e. The van der Waals surface area contributed by atoms with Gasteiger partial charge in [-0.3, -0.25) is 38.6 Å². The first-order chi connectivity index (χ1) is 49.5. The van der Waals surface area contributed by atoms with Crippen LogP contribution in [0, 0.1) is 0 Å². The normalized spacial score (nSPS) is 12.4. The predicted octanol–water partition coefficient (Wildman–Crippen LogP) is 8.87. The number of methoxy groups -OCH3 is 2. The predicted molar refractivity (Wildman–Crippen MR) is 390 cm³/mol. The fourth-order valence-electron chi connectivity index (χ4n) is 9.47. The number of urea groups is 2. The highest BCUT2D eigenvalue weighted by Gasteiger charge is 2.31. The molecule has 0 radical (unpaired) electrons. The molecule has 0 bridgehead atoms. The molecule has 10 amide bonds. The van der Waals surface area contributed by atoms with Crippen molar-refractivity contribution in [3.8, 4) is 0 Å². The Kier molecular flexibility index (Phi) is 40.5. The molecule has 574 valence electrons. The Morgan fingerprint density at radius 2 is 0.798 bits per heavy atom. The van der Waals surface area contributed by atoms with Crippen molar-refractivity contribution in [1.82, 2.24) is 52.5 Å². The Hall–Kier alpha value is -8.36. The second-order valence-electron chi connectivity index (χ2n) is 25.3. The summed E-state index contributed by atoms with van der Waals surface area (Å²) in [5.74, 6) is -2.84. The van der Waals surface area contributed by atoms with E-state index in [0.717, 1.165) is 0 Å². The number of hydrogen-bond acceptors (Lipinski definition) is 20. The Morgan fingerprint density at radius 3 is 1.13 bits per heavy atom. The molecule has 2 aromatic carbocycles. The zero-order valence-corrected chi connectivity index (χ0v) is 63.0. The quantitative estimate of drug-likeness (QED) is 0.0116. The van der Waals surface area contributed by atoms with Crippen molar-refractivity contribution < 1.29 is 85.8 Å². The summed E-state index contributed by atoms with van der Waals surface area (Å²) in [7, 11) is 2.41. The van der Waals surface area contributed by atoms with Gasteiger partial charge in [-0.2, -0.15) is 0 Å². The molecule has 0 aliphatic carbocycles. The molecule has 0 saturated heterocycles. The van der Waals surface area contributed by atoms with Crippen molar-refractivity contribution in [3.63, 3.8) is 0 Å². The number of rotatable bonds is 45. The number of nitrogens with one attached hydrogen (secondary N) is 8. The third-order valence-electron chi connectivity index (χ3n) is 14.4. The molecule has 0 aliphatic rings. The van der Waals surface area contributed by atoms with E-state index < -0.39 is 95.2 Å². The lowest BCUT2D eigenvalue weighted by molar-refractivity contribution is -0.142. The molecule has 2 aromatic heterocycles. The number of carbonyl (C=O) groups is 10. The van der Waals surface area contributed by atoms with Crippen LogP contribution in [0.1, 0.15) is 129 Å². The molecule has 34 heteroatoms. The van der Waals surface area contributed by atoms with E-state index in [1.54, 1.807) is 115 Å². The van der Waals surface area contributed by atoms with Crippen molar-refractivity contribution in [2.24, 2.45) is 0 Å². The van der Waals surface area contributed by atoms with E-state index in [-0.39, 0.29) is 125 Å². The lowest BCUT2D eigenvalue weighted by atomic mass is 10.0. The van der Waals surface area contributed by atoms with Gasteiger partial charge in [-0.1, -0.05) is 58.5 Å². The van der Waals surface area contributed by atoms with Crippen LogP contribution in [0.15, 0.2) is 85.2 Å². The SMILES string of the molecule is COC(=O)CC(NC(=O)[C@H](COCCOCCNC(=O)NCCCCNC(=O)NCCOCCOC[C@H](NC(=O)CCCCN(C(=O)OC(C)(C)C)c1ccccn1)C(=O)NC(CC(=O)OC)c1cc(Cl)cc(Cl)c1)NC(=O)CCCCN(C(=O)OC(C)(C)C)c1ccccn1)c1cc(Cl)cc(Cl)c1. The zero-order chi connectivity index (χ0) is 76.5. The molecule has 2 unspecified atom stereocenters. The standard InChI is InChI=1S/C70H98Cl4N12O18/c1-69(2,3)103-67(95)85(57-19-9-13-23-75-57)29-17-11-21-59(87)81-55(63(91)83-53(43-61(89)97-7)47-37-49(71)41-50(72)38-47)45-101-35-33-99-31-27-79-65(93)77-25-15-16-26-78-66(94)80-28-32-100-34-36-102-46-56(64(92)84-54(44-62(90)98-8)48-39-51(73)42-52(74)40-48)82-60(88)22-12-18-30-86(58-20-10-14-24-76-58)68(96)104-70(4,5)6/h9-10,13-14,19-20,23-24,37-42,53-56H,11-12,15-18,21-22,25-36,43-46H2,1-8H3,(H,81,87)(H,82,88)(H,83,91)(H,84,92)(H2,77,79,93)(H2,78,80,94)/t53?,54?,55-,56-/m0/s1. The summed E-state index contributed by atoms with van der Waals surface area (Å²) in [5.41, 5.74) is -0.696. The van der Waals surface area contributed by atoms with E-state index in [9.17, 15) is 47.9 Å². The third kappa shape index (κ3) is 37.4. The summed E-state index contributed by atoms with van der Waals surface area (Å²) in [6.07, 6.45) is 3.80. The van der Waals surface area contributed by atoms with Gasteiger partial charge in [-0.15, -0.1) is 0 Å². The van der Waals surface area contributed by atoms with Crippen LogP contribution < -0.4 is 52.3 Å². The van der Waals surface area contributed by atoms with Crippen molar-refractivity contribution >= 4 is 118 Å². The highest BCUT2D eigenvalue weighted by atomic mass is 35.5. The monoisotopic (exact) mass is 1530 g/mol. The molecular formula is C70H98Cl4N12O18. The average Bonchev–Trinajstić information content (AvgIpc) is 0.861. The molecule has 4 atom stereocenters. The molecule has 0 aliphatic heterocycles. The summed E-state index contributed by atoms with van der Waals surface area (Å²) >= 11 is 25.1. The van der Waals surface area contributed by atoms with Gasteiger partial charge in [0.1, 0.15) is 34.9 Å². The number of nitrogens with zero attached hydrogens (tertiary/aromatic N) is 4. The number of esters is 2. The van der Waals surface area contributed by atoms with Crippen molar-refractivity contribution in [3.05, 3.63) is 116 Å². The first-order valence-electron chi connectivity index (χ1n) is 34.0. The topological polar surface area (TPSA) is 373 Å². The summed E-state index contributed by atoms with van der Waals surface area (Å²) in [6, 6.07) is 14.2. The Balaban J connectivity index is 1.14. The number of carbonyl (C=O) groups excluding carboxylic acids is 10. The lowest BCUT2D eigenvalue weighted by Gasteiger charge is -2.27. The van der Waals surface area contributed by atoms with Crippen molar-refractivity contribution in [2.45, 2.75) is 141 Å². The van der Waals surface area contributed by atoms with Crippen LogP contribution >= 0.6 is 46.4 Å². The maximum Gasteiger partial charge on any atom is 0.416 e. The Bertz CT molecular complexity index is 3100. The maximum absolute atomic E-state index is 13.9. The molecule has 4 rings (SSSR count). The Labute approximate surface area is 626 Å². The van der Waals surface area contributed by atoms with Gasteiger partial charge < -0.3 is 80.4 Å². The van der Waals surface area contributed by atoms with E-state index in [2.05, 4.69) is 52.5 Å². The minimum Gasteiger partial charge on any atom is -0.469 e. The fraction of sp³-hybridized carbons (Fsp3) is 0.543. The summed E-state index contributed by atoms with van der Waals surface area (Å²) < 4.78 is 43.7. The van der Waals surface area contributed by atoms with Crippen LogP contribution in [-0.4, -0.2) is 199 Å². The number of amides is 10. The fourth-order valence-corrected chi connectivity index (χ4v) is 10.6. The van der Waals surface area contributed by atoms with Gasteiger partial charge in [0.2, 0.25) is 23.6 Å². The van der Waals surface area contributed by atoms with Gasteiger partial charge in [0.25, 0.3) is 0 Å². The van der Waals surface area contributed by atoms with E-state index in [0.29, 0.717) is 74.4 Å². The van der Waals surface area contributed by atoms with Crippen LogP contribution in [0.25, 0.3) is 0 Å². The van der Waals surface area contributed by atoms with Gasteiger partial charge in [-0.25, -0.2) is 29.1 Å². The number of anilines is 2. The number of benzene rings is 2. The molecule has 8 N–H and O–H groups in total. The first-order valence-corrected chi connectivity index (χ1v) is 35.5. The third-order valence-corrected chi connectivity index (χ3v) is 15.3. The molecule has 0 spiro atoms. The average molecular weight is 1540 g/mol. The molecule has 104 heavy (non-hydrogen) atoms. The summed E-state index contributed by atoms with van der Waals surface area (Å²) in [5, 5.41) is 22.9. The molecule has 0 fully saturated rings. The van der Waals surface area contributed by atoms with Gasteiger partial charge in [0.05, 0.1) is 92.0 Å². The van der Waals surface area contributed by atoms with Crippen LogP contribution in [0.5, 0.6) is 0 Å². The highest BCUT2D eigenvalue weighted by molar-refractivity contribution is 6.35. The number of hydrogen-bond donors (Lipinski definition) is 8. The van der Waals surface area contributed by atoms with E-state index in [1.165, 1.54) is 36.2 Å². The summed E-state index contributed by atoms with van der Waals surface area (Å²) in [4.78, 5) is 142.